The van der Waals surface area contributed by atoms with E-state index < -0.39 is 21.8 Å². The van der Waals surface area contributed by atoms with Crippen molar-refractivity contribution in [3.8, 4) is 0 Å². The van der Waals surface area contributed by atoms with E-state index in [1.807, 2.05) is 6.92 Å². The highest BCUT2D eigenvalue weighted by molar-refractivity contribution is 7.89. The standard InChI is InChI=1S/C13H19N3O3S/c1-9-4-5-11(7-12(9)14)20(18,19)16-6-2-3-10(8-16)13(15)17/h4-5,7,10H,2-3,6,8,14H2,1H3,(H2,15,17). The second-order valence-corrected chi connectivity index (χ2v) is 7.06. The Bertz CT molecular complexity index is 628. The first kappa shape index (κ1) is 14.8. The van der Waals surface area contributed by atoms with Gasteiger partial charge < -0.3 is 11.5 Å². The molecule has 0 aliphatic carbocycles. The molecule has 1 heterocycles. The molecule has 2 rings (SSSR count). The summed E-state index contributed by atoms with van der Waals surface area (Å²) < 4.78 is 26.4. The van der Waals surface area contributed by atoms with Crippen molar-refractivity contribution >= 4 is 21.6 Å². The summed E-state index contributed by atoms with van der Waals surface area (Å²) in [5, 5.41) is 0. The summed E-state index contributed by atoms with van der Waals surface area (Å²) in [4.78, 5) is 11.4. The van der Waals surface area contributed by atoms with Crippen LogP contribution in [-0.4, -0.2) is 31.7 Å². The predicted molar refractivity (Wildman–Crippen MR) is 76.3 cm³/mol. The zero-order valence-corrected chi connectivity index (χ0v) is 12.2. The summed E-state index contributed by atoms with van der Waals surface area (Å²) in [5.74, 6) is -0.866. The van der Waals surface area contributed by atoms with Crippen molar-refractivity contribution in [3.05, 3.63) is 23.8 Å². The highest BCUT2D eigenvalue weighted by Crippen LogP contribution is 2.25. The second-order valence-electron chi connectivity index (χ2n) is 5.12. The molecule has 1 atom stereocenters. The van der Waals surface area contributed by atoms with Crippen LogP contribution in [0, 0.1) is 12.8 Å². The van der Waals surface area contributed by atoms with Crippen molar-refractivity contribution in [1.82, 2.24) is 4.31 Å². The second kappa shape index (κ2) is 5.41. The molecule has 1 aromatic rings. The molecule has 1 aliphatic heterocycles. The summed E-state index contributed by atoms with van der Waals surface area (Å²) in [5.41, 5.74) is 12.3. The van der Waals surface area contributed by atoms with Gasteiger partial charge in [0.2, 0.25) is 15.9 Å². The quantitative estimate of drug-likeness (QED) is 0.790. The summed E-state index contributed by atoms with van der Waals surface area (Å²) in [6.07, 6.45) is 1.27. The first-order valence-electron chi connectivity index (χ1n) is 6.48. The van der Waals surface area contributed by atoms with Crippen LogP contribution < -0.4 is 11.5 Å². The van der Waals surface area contributed by atoms with Crippen LogP contribution in [0.1, 0.15) is 18.4 Å². The molecule has 1 saturated heterocycles. The molecule has 1 unspecified atom stereocenters. The third kappa shape index (κ3) is 2.78. The monoisotopic (exact) mass is 297 g/mol. The molecule has 1 aliphatic rings. The van der Waals surface area contributed by atoms with E-state index in [1.165, 1.54) is 16.4 Å². The minimum absolute atomic E-state index is 0.144. The number of carbonyl (C=O) groups is 1. The molecule has 110 valence electrons. The van der Waals surface area contributed by atoms with Gasteiger partial charge in [-0.25, -0.2) is 8.42 Å². The van der Waals surface area contributed by atoms with E-state index in [0.29, 0.717) is 25.1 Å². The van der Waals surface area contributed by atoms with Crippen LogP contribution in [0.15, 0.2) is 23.1 Å². The number of nitrogen functional groups attached to an aromatic ring is 1. The Labute approximate surface area is 118 Å². The fraction of sp³-hybridized carbons (Fsp3) is 0.462. The normalized spacial score (nSPS) is 20.8. The molecule has 1 amide bonds. The number of carbonyl (C=O) groups excluding carboxylic acids is 1. The van der Waals surface area contributed by atoms with Crippen LogP contribution in [0.25, 0.3) is 0 Å². The Morgan fingerprint density at radius 3 is 2.70 bits per heavy atom. The number of nitrogens with two attached hydrogens (primary N) is 2. The average molecular weight is 297 g/mol. The van der Waals surface area contributed by atoms with Crippen LogP contribution in [0.4, 0.5) is 5.69 Å². The van der Waals surface area contributed by atoms with Gasteiger partial charge in [0.05, 0.1) is 10.8 Å². The van der Waals surface area contributed by atoms with Gasteiger partial charge in [0.15, 0.2) is 0 Å². The maximum Gasteiger partial charge on any atom is 0.243 e. The number of benzene rings is 1. The summed E-state index contributed by atoms with van der Waals surface area (Å²) in [7, 11) is -3.62. The maximum absolute atomic E-state index is 12.5. The zero-order valence-electron chi connectivity index (χ0n) is 11.4. The molecule has 6 nitrogen and oxygen atoms in total. The number of nitrogens with zero attached hydrogens (tertiary/aromatic N) is 1. The first-order valence-corrected chi connectivity index (χ1v) is 7.92. The summed E-state index contributed by atoms with van der Waals surface area (Å²) in [6, 6.07) is 4.67. The number of hydrogen-bond acceptors (Lipinski definition) is 4. The molecule has 1 fully saturated rings. The lowest BCUT2D eigenvalue weighted by molar-refractivity contribution is -0.122. The fourth-order valence-corrected chi connectivity index (χ4v) is 3.88. The van der Waals surface area contributed by atoms with Crippen molar-refractivity contribution in [2.45, 2.75) is 24.7 Å². The number of amides is 1. The molecule has 4 N–H and O–H groups in total. The molecule has 0 aromatic heterocycles. The topological polar surface area (TPSA) is 106 Å². The van der Waals surface area contributed by atoms with Gasteiger partial charge in [0, 0.05) is 18.8 Å². The minimum Gasteiger partial charge on any atom is -0.398 e. The van der Waals surface area contributed by atoms with Crippen LogP contribution in [0.3, 0.4) is 0 Å². The SMILES string of the molecule is Cc1ccc(S(=O)(=O)N2CCCC(C(N)=O)C2)cc1N. The number of aryl methyl sites for hydroxylation is 1. The number of rotatable bonds is 3. The highest BCUT2D eigenvalue weighted by Gasteiger charge is 2.32. The maximum atomic E-state index is 12.5. The molecular weight excluding hydrogens is 278 g/mol. The van der Waals surface area contributed by atoms with Gasteiger partial charge >= 0.3 is 0 Å². The molecule has 0 radical (unpaired) electrons. The van der Waals surface area contributed by atoms with E-state index in [9.17, 15) is 13.2 Å². The Balaban J connectivity index is 2.29. The summed E-state index contributed by atoms with van der Waals surface area (Å²) in [6.45, 7) is 2.36. The van der Waals surface area contributed by atoms with Gasteiger partial charge in [-0.05, 0) is 37.5 Å². The molecule has 0 saturated carbocycles. The van der Waals surface area contributed by atoms with Gasteiger partial charge in [-0.1, -0.05) is 6.07 Å². The predicted octanol–water partition coefficient (Wildman–Crippen LogP) is 0.463. The third-order valence-electron chi connectivity index (χ3n) is 3.67. The first-order chi connectivity index (χ1) is 9.32. The Hall–Kier alpha value is -1.60. The van der Waals surface area contributed by atoms with Crippen molar-refractivity contribution < 1.29 is 13.2 Å². The van der Waals surface area contributed by atoms with E-state index in [4.69, 9.17) is 11.5 Å². The minimum atomic E-state index is -3.62. The number of anilines is 1. The molecular formula is C13H19N3O3S. The lowest BCUT2D eigenvalue weighted by Gasteiger charge is -2.30. The Morgan fingerprint density at radius 2 is 2.10 bits per heavy atom. The number of hydrogen-bond donors (Lipinski definition) is 2. The van der Waals surface area contributed by atoms with Gasteiger partial charge in [0.25, 0.3) is 0 Å². The van der Waals surface area contributed by atoms with Gasteiger partial charge in [-0.15, -0.1) is 0 Å². The van der Waals surface area contributed by atoms with Crippen LogP contribution in [-0.2, 0) is 14.8 Å². The molecule has 0 spiro atoms. The number of primary amides is 1. The Kier molecular flexibility index (Phi) is 4.01. The van der Waals surface area contributed by atoms with Crippen LogP contribution >= 0.6 is 0 Å². The largest absolute Gasteiger partial charge is 0.398 e. The van der Waals surface area contributed by atoms with E-state index in [-0.39, 0.29) is 11.4 Å². The third-order valence-corrected chi connectivity index (χ3v) is 5.54. The summed E-state index contributed by atoms with van der Waals surface area (Å²) >= 11 is 0. The smallest absolute Gasteiger partial charge is 0.243 e. The van der Waals surface area contributed by atoms with Crippen molar-refractivity contribution in [1.29, 1.82) is 0 Å². The lowest BCUT2D eigenvalue weighted by Crippen LogP contribution is -2.44. The fourth-order valence-electron chi connectivity index (χ4n) is 2.32. The van der Waals surface area contributed by atoms with Gasteiger partial charge in [-0.3, -0.25) is 4.79 Å². The highest BCUT2D eigenvalue weighted by atomic mass is 32.2. The lowest BCUT2D eigenvalue weighted by atomic mass is 9.99. The van der Waals surface area contributed by atoms with Gasteiger partial charge in [-0.2, -0.15) is 4.31 Å². The van der Waals surface area contributed by atoms with Gasteiger partial charge in [0.1, 0.15) is 0 Å². The zero-order chi connectivity index (χ0) is 14.9. The average Bonchev–Trinajstić information content (AvgIpc) is 2.42. The van der Waals surface area contributed by atoms with Crippen molar-refractivity contribution in [3.63, 3.8) is 0 Å². The number of sulfonamides is 1. The molecule has 0 bridgehead atoms. The van der Waals surface area contributed by atoms with Crippen LogP contribution in [0.5, 0.6) is 0 Å². The Morgan fingerprint density at radius 1 is 1.40 bits per heavy atom. The van der Waals surface area contributed by atoms with E-state index in [1.54, 1.807) is 6.07 Å². The van der Waals surface area contributed by atoms with E-state index in [2.05, 4.69) is 0 Å². The van der Waals surface area contributed by atoms with Crippen molar-refractivity contribution in [2.24, 2.45) is 11.7 Å². The molecule has 7 heteroatoms. The van der Waals surface area contributed by atoms with Crippen molar-refractivity contribution in [2.75, 3.05) is 18.8 Å². The number of piperidine rings is 1. The van der Waals surface area contributed by atoms with Crippen LogP contribution in [0.2, 0.25) is 0 Å². The molecule has 20 heavy (non-hydrogen) atoms. The van der Waals surface area contributed by atoms with E-state index >= 15 is 0 Å². The van der Waals surface area contributed by atoms with E-state index in [0.717, 1.165) is 5.56 Å². The molecule has 1 aromatic carbocycles.